The minimum atomic E-state index is -0.119. The van der Waals surface area contributed by atoms with Gasteiger partial charge in [-0.15, -0.1) is 0 Å². The van der Waals surface area contributed by atoms with E-state index in [1.54, 1.807) is 18.3 Å². The number of piperidine rings is 1. The number of amides is 1. The number of hydrazine groups is 1. The van der Waals surface area contributed by atoms with Gasteiger partial charge in [-0.1, -0.05) is 6.92 Å². The van der Waals surface area contributed by atoms with Crippen molar-refractivity contribution in [2.24, 2.45) is 11.8 Å². The third-order valence-corrected chi connectivity index (χ3v) is 3.87. The molecule has 1 saturated heterocycles. The van der Waals surface area contributed by atoms with Crippen molar-refractivity contribution >= 4 is 11.6 Å². The van der Waals surface area contributed by atoms with Crippen molar-refractivity contribution in [2.75, 3.05) is 31.6 Å². The van der Waals surface area contributed by atoms with E-state index in [-0.39, 0.29) is 5.91 Å². The fourth-order valence-electron chi connectivity index (χ4n) is 2.45. The lowest BCUT2D eigenvalue weighted by molar-refractivity contribution is 0.0932. The second-order valence-corrected chi connectivity index (χ2v) is 5.16. The van der Waals surface area contributed by atoms with Crippen LogP contribution >= 0.6 is 0 Å². The molecule has 2 rings (SSSR count). The predicted molar refractivity (Wildman–Crippen MR) is 79.2 cm³/mol. The Bertz CT molecular complexity index is 426. The molecule has 1 aromatic rings. The van der Waals surface area contributed by atoms with Gasteiger partial charge >= 0.3 is 0 Å². The van der Waals surface area contributed by atoms with E-state index < -0.39 is 0 Å². The van der Waals surface area contributed by atoms with Crippen LogP contribution in [0.15, 0.2) is 18.3 Å². The van der Waals surface area contributed by atoms with Crippen LogP contribution in [0.1, 0.15) is 30.3 Å². The van der Waals surface area contributed by atoms with Crippen LogP contribution in [0.3, 0.4) is 0 Å². The van der Waals surface area contributed by atoms with Crippen LogP contribution in [0.5, 0.6) is 0 Å². The monoisotopic (exact) mass is 277 g/mol. The van der Waals surface area contributed by atoms with Gasteiger partial charge in [0.2, 0.25) is 0 Å². The molecule has 1 aromatic heterocycles. The zero-order chi connectivity index (χ0) is 14.4. The summed E-state index contributed by atoms with van der Waals surface area (Å²) in [5.41, 5.74) is 3.60. The Labute approximate surface area is 119 Å². The number of hydrogen-bond donors (Lipinski definition) is 3. The van der Waals surface area contributed by atoms with Gasteiger partial charge in [0, 0.05) is 6.54 Å². The normalized spacial score (nSPS) is 16.9. The SMILES string of the molecule is CCN1CCC(CNC(=O)c2ccc(NN)cn2)CC1. The molecule has 0 unspecified atom stereocenters. The third-order valence-electron chi connectivity index (χ3n) is 3.87. The second-order valence-electron chi connectivity index (χ2n) is 5.16. The number of anilines is 1. The summed E-state index contributed by atoms with van der Waals surface area (Å²) in [5.74, 6) is 5.72. The molecule has 4 N–H and O–H groups in total. The summed E-state index contributed by atoms with van der Waals surface area (Å²) in [4.78, 5) is 18.5. The Morgan fingerprint density at radius 2 is 2.20 bits per heavy atom. The number of likely N-dealkylation sites (tertiary alicyclic amines) is 1. The molecular formula is C14H23N5O. The van der Waals surface area contributed by atoms with Crippen LogP contribution < -0.4 is 16.6 Å². The van der Waals surface area contributed by atoms with Gasteiger partial charge in [0.1, 0.15) is 5.69 Å². The first kappa shape index (κ1) is 14.7. The molecule has 1 amide bonds. The van der Waals surface area contributed by atoms with Crippen molar-refractivity contribution in [3.05, 3.63) is 24.0 Å². The maximum atomic E-state index is 12.0. The summed E-state index contributed by atoms with van der Waals surface area (Å²) in [7, 11) is 0. The average molecular weight is 277 g/mol. The number of hydrogen-bond acceptors (Lipinski definition) is 5. The van der Waals surface area contributed by atoms with Gasteiger partial charge in [0.05, 0.1) is 11.9 Å². The summed E-state index contributed by atoms with van der Waals surface area (Å²) < 4.78 is 0. The van der Waals surface area contributed by atoms with Crippen molar-refractivity contribution in [3.63, 3.8) is 0 Å². The van der Waals surface area contributed by atoms with E-state index in [1.807, 2.05) is 0 Å². The highest BCUT2D eigenvalue weighted by Gasteiger charge is 2.18. The van der Waals surface area contributed by atoms with Gasteiger partial charge in [-0.3, -0.25) is 10.6 Å². The molecular weight excluding hydrogens is 254 g/mol. The smallest absolute Gasteiger partial charge is 0.269 e. The number of nitrogens with two attached hydrogens (primary N) is 1. The first-order chi connectivity index (χ1) is 9.72. The molecule has 6 nitrogen and oxygen atoms in total. The lowest BCUT2D eigenvalue weighted by atomic mass is 9.97. The molecule has 2 heterocycles. The lowest BCUT2D eigenvalue weighted by Crippen LogP contribution is -2.38. The fraction of sp³-hybridized carbons (Fsp3) is 0.571. The molecule has 0 aromatic carbocycles. The predicted octanol–water partition coefficient (Wildman–Crippen LogP) is 0.829. The van der Waals surface area contributed by atoms with E-state index in [9.17, 15) is 4.79 Å². The van der Waals surface area contributed by atoms with E-state index in [2.05, 4.69) is 27.6 Å². The molecule has 0 atom stereocenters. The number of carbonyl (C=O) groups is 1. The first-order valence-corrected chi connectivity index (χ1v) is 7.16. The van der Waals surface area contributed by atoms with E-state index in [1.165, 1.54) is 0 Å². The van der Waals surface area contributed by atoms with Gasteiger partial charge in [-0.25, -0.2) is 4.98 Å². The number of nitrogens with one attached hydrogen (secondary N) is 2. The summed E-state index contributed by atoms with van der Waals surface area (Å²) in [6.45, 7) is 6.30. The zero-order valence-corrected chi connectivity index (χ0v) is 11.9. The Balaban J connectivity index is 1.77. The van der Waals surface area contributed by atoms with Crippen LogP contribution in [0, 0.1) is 5.92 Å². The largest absolute Gasteiger partial charge is 0.350 e. The Kier molecular flexibility index (Phi) is 5.31. The molecule has 1 aliphatic heterocycles. The van der Waals surface area contributed by atoms with Crippen LogP contribution in [0.25, 0.3) is 0 Å². The third kappa shape index (κ3) is 3.91. The number of rotatable bonds is 5. The van der Waals surface area contributed by atoms with Crippen molar-refractivity contribution in [1.82, 2.24) is 15.2 Å². The standard InChI is InChI=1S/C14H23N5O/c1-2-19-7-5-11(6-8-19)9-17-14(20)13-4-3-12(18-15)10-16-13/h3-4,10-11,18H,2,5-9,15H2,1H3,(H,17,20). The maximum absolute atomic E-state index is 12.0. The topological polar surface area (TPSA) is 83.3 Å². The Hall–Kier alpha value is -1.66. The van der Waals surface area contributed by atoms with E-state index in [0.29, 0.717) is 17.3 Å². The molecule has 0 bridgehead atoms. The lowest BCUT2D eigenvalue weighted by Gasteiger charge is -2.30. The summed E-state index contributed by atoms with van der Waals surface area (Å²) >= 11 is 0. The van der Waals surface area contributed by atoms with Crippen molar-refractivity contribution in [2.45, 2.75) is 19.8 Å². The van der Waals surface area contributed by atoms with Crippen molar-refractivity contribution in [1.29, 1.82) is 0 Å². The number of carbonyl (C=O) groups excluding carboxylic acids is 1. The summed E-state index contributed by atoms with van der Waals surface area (Å²) in [5, 5.41) is 2.97. The molecule has 0 spiro atoms. The van der Waals surface area contributed by atoms with Crippen LogP contribution in [0.2, 0.25) is 0 Å². The van der Waals surface area contributed by atoms with E-state index >= 15 is 0 Å². The molecule has 1 fully saturated rings. The summed E-state index contributed by atoms with van der Waals surface area (Å²) in [6.07, 6.45) is 3.85. The Morgan fingerprint density at radius 1 is 1.45 bits per heavy atom. The van der Waals surface area contributed by atoms with Gasteiger partial charge in [0.15, 0.2) is 0 Å². The van der Waals surface area contributed by atoms with Gasteiger partial charge in [-0.2, -0.15) is 0 Å². The zero-order valence-electron chi connectivity index (χ0n) is 11.9. The van der Waals surface area contributed by atoms with E-state index in [4.69, 9.17) is 5.84 Å². The second kappa shape index (κ2) is 7.21. The number of aromatic nitrogens is 1. The number of pyridine rings is 1. The van der Waals surface area contributed by atoms with Crippen LogP contribution in [0.4, 0.5) is 5.69 Å². The number of nitrogens with zero attached hydrogens (tertiary/aromatic N) is 2. The minimum Gasteiger partial charge on any atom is -0.350 e. The van der Waals surface area contributed by atoms with Gasteiger partial charge < -0.3 is 15.6 Å². The average Bonchev–Trinajstić information content (AvgIpc) is 2.53. The highest BCUT2D eigenvalue weighted by Crippen LogP contribution is 2.16. The van der Waals surface area contributed by atoms with Gasteiger partial charge in [0.25, 0.3) is 5.91 Å². The quantitative estimate of drug-likeness (QED) is 0.548. The van der Waals surface area contributed by atoms with Crippen molar-refractivity contribution in [3.8, 4) is 0 Å². The fourth-order valence-corrected chi connectivity index (χ4v) is 2.45. The molecule has 110 valence electrons. The highest BCUT2D eigenvalue weighted by atomic mass is 16.1. The Morgan fingerprint density at radius 3 is 2.75 bits per heavy atom. The molecule has 0 radical (unpaired) electrons. The summed E-state index contributed by atoms with van der Waals surface area (Å²) in [6, 6.07) is 3.41. The van der Waals surface area contributed by atoms with E-state index in [0.717, 1.165) is 39.0 Å². The van der Waals surface area contributed by atoms with Gasteiger partial charge in [-0.05, 0) is 50.5 Å². The molecule has 20 heavy (non-hydrogen) atoms. The first-order valence-electron chi connectivity index (χ1n) is 7.16. The number of nitrogen functional groups attached to an aromatic ring is 1. The van der Waals surface area contributed by atoms with Crippen molar-refractivity contribution < 1.29 is 4.79 Å². The molecule has 0 saturated carbocycles. The maximum Gasteiger partial charge on any atom is 0.269 e. The minimum absolute atomic E-state index is 0.119. The van der Waals surface area contributed by atoms with Crippen LogP contribution in [-0.4, -0.2) is 42.0 Å². The molecule has 6 heteroatoms. The highest BCUT2D eigenvalue weighted by molar-refractivity contribution is 5.92. The van der Waals surface area contributed by atoms with Crippen LogP contribution in [-0.2, 0) is 0 Å². The molecule has 1 aliphatic rings. The molecule has 0 aliphatic carbocycles.